The van der Waals surface area contributed by atoms with Gasteiger partial charge in [-0.3, -0.25) is 9.59 Å². The number of amides is 2. The minimum atomic E-state index is -0.853. The number of carbonyl (C=O) groups is 3. The smallest absolute Gasteiger partial charge is 0.407 e. The van der Waals surface area contributed by atoms with E-state index in [1.165, 1.54) is 0 Å². The van der Waals surface area contributed by atoms with Crippen LogP contribution in [0.3, 0.4) is 0 Å². The number of aliphatic carboxylic acids is 1. The molecule has 2 amide bonds. The third kappa shape index (κ3) is 4.61. The van der Waals surface area contributed by atoms with Gasteiger partial charge in [-0.05, 0) is 47.9 Å². The first-order valence-corrected chi connectivity index (χ1v) is 11.1. The molecule has 1 fully saturated rings. The number of carboxylic acid groups (broad SMARTS) is 1. The van der Waals surface area contributed by atoms with Gasteiger partial charge in [0.25, 0.3) is 0 Å². The number of benzene rings is 2. The number of alkyl carbamates (subject to hydrolysis) is 1. The second-order valence-electron chi connectivity index (χ2n) is 8.58. The van der Waals surface area contributed by atoms with Gasteiger partial charge in [0.2, 0.25) is 5.91 Å². The second kappa shape index (κ2) is 9.42. The Morgan fingerprint density at radius 2 is 1.72 bits per heavy atom. The molecule has 7 nitrogen and oxygen atoms in total. The van der Waals surface area contributed by atoms with Crippen molar-refractivity contribution in [2.24, 2.45) is 5.92 Å². The fraction of sp³-hybridized carbons (Fsp3) is 0.400. The molecule has 2 aliphatic rings. The second-order valence-corrected chi connectivity index (χ2v) is 8.58. The van der Waals surface area contributed by atoms with Gasteiger partial charge in [-0.2, -0.15) is 0 Å². The van der Waals surface area contributed by atoms with Gasteiger partial charge >= 0.3 is 12.1 Å². The highest BCUT2D eigenvalue weighted by atomic mass is 16.5. The molecule has 2 aromatic carbocycles. The highest BCUT2D eigenvalue weighted by molar-refractivity contribution is 5.85. The summed E-state index contributed by atoms with van der Waals surface area (Å²) in [6, 6.07) is 15.5. The Labute approximate surface area is 187 Å². The summed E-state index contributed by atoms with van der Waals surface area (Å²) in [4.78, 5) is 37.8. The van der Waals surface area contributed by atoms with E-state index in [2.05, 4.69) is 29.6 Å². The summed E-state index contributed by atoms with van der Waals surface area (Å²) in [5.74, 6) is -1.16. The molecular formula is C25H28N2O5. The van der Waals surface area contributed by atoms with E-state index >= 15 is 0 Å². The minimum Gasteiger partial charge on any atom is -0.481 e. The average Bonchev–Trinajstić information content (AvgIpc) is 3.10. The van der Waals surface area contributed by atoms with Gasteiger partial charge < -0.3 is 20.1 Å². The first-order chi connectivity index (χ1) is 15.4. The van der Waals surface area contributed by atoms with Gasteiger partial charge in [0.1, 0.15) is 12.6 Å². The van der Waals surface area contributed by atoms with Crippen molar-refractivity contribution in [3.05, 3.63) is 59.7 Å². The van der Waals surface area contributed by atoms with Gasteiger partial charge in [-0.25, -0.2) is 4.79 Å². The number of hydrogen-bond acceptors (Lipinski definition) is 4. The number of carboxylic acids is 1. The monoisotopic (exact) mass is 436 g/mol. The van der Waals surface area contributed by atoms with E-state index in [-0.39, 0.29) is 30.8 Å². The fourth-order valence-electron chi connectivity index (χ4n) is 4.83. The SMILES string of the molecule is C[C@@H](NC(=O)OCC1c2ccccc2-c2ccccc21)C(=O)N1CCCC(CC(=O)O)C1. The number of fused-ring (bicyclic) bond motifs is 3. The first kappa shape index (κ1) is 21.9. The summed E-state index contributed by atoms with van der Waals surface area (Å²) >= 11 is 0. The summed E-state index contributed by atoms with van der Waals surface area (Å²) in [5, 5.41) is 11.6. The van der Waals surface area contributed by atoms with E-state index in [9.17, 15) is 14.4 Å². The van der Waals surface area contributed by atoms with Crippen LogP contribution in [0.4, 0.5) is 4.79 Å². The molecular weight excluding hydrogens is 408 g/mol. The zero-order valence-electron chi connectivity index (χ0n) is 18.1. The molecule has 32 heavy (non-hydrogen) atoms. The van der Waals surface area contributed by atoms with Crippen LogP contribution in [0.5, 0.6) is 0 Å². The molecule has 2 aromatic rings. The van der Waals surface area contributed by atoms with Crippen molar-refractivity contribution >= 4 is 18.0 Å². The summed E-state index contributed by atoms with van der Waals surface area (Å²) in [6.45, 7) is 2.79. The van der Waals surface area contributed by atoms with Gasteiger partial charge in [-0.1, -0.05) is 48.5 Å². The molecule has 1 aliphatic carbocycles. The zero-order valence-corrected chi connectivity index (χ0v) is 18.1. The van der Waals surface area contributed by atoms with Crippen LogP contribution in [0, 0.1) is 5.92 Å². The highest BCUT2D eigenvalue weighted by Gasteiger charge is 2.31. The van der Waals surface area contributed by atoms with Crippen molar-refractivity contribution in [3.8, 4) is 11.1 Å². The Balaban J connectivity index is 1.33. The summed E-state index contributed by atoms with van der Waals surface area (Å²) in [5.41, 5.74) is 4.56. The Morgan fingerprint density at radius 1 is 1.09 bits per heavy atom. The van der Waals surface area contributed by atoms with Gasteiger partial charge in [0.15, 0.2) is 0 Å². The van der Waals surface area contributed by atoms with Crippen LogP contribution >= 0.6 is 0 Å². The van der Waals surface area contributed by atoms with Crippen LogP contribution in [0.2, 0.25) is 0 Å². The van der Waals surface area contributed by atoms with Crippen LogP contribution in [0.25, 0.3) is 11.1 Å². The van der Waals surface area contributed by atoms with Crippen LogP contribution in [-0.2, 0) is 14.3 Å². The molecule has 0 aromatic heterocycles. The van der Waals surface area contributed by atoms with Crippen molar-refractivity contribution in [2.45, 2.75) is 38.1 Å². The van der Waals surface area contributed by atoms with E-state index in [1.807, 2.05) is 24.3 Å². The summed E-state index contributed by atoms with van der Waals surface area (Å²) < 4.78 is 5.52. The van der Waals surface area contributed by atoms with E-state index in [0.29, 0.717) is 13.1 Å². The average molecular weight is 437 g/mol. The van der Waals surface area contributed by atoms with E-state index in [0.717, 1.165) is 35.1 Å². The topological polar surface area (TPSA) is 95.9 Å². The maximum absolute atomic E-state index is 12.8. The van der Waals surface area contributed by atoms with Gasteiger partial charge in [0, 0.05) is 25.4 Å². The number of rotatable bonds is 6. The Hall–Kier alpha value is -3.35. The molecule has 2 atom stereocenters. The Kier molecular flexibility index (Phi) is 6.44. The Bertz CT molecular complexity index is 975. The number of ether oxygens (including phenoxy) is 1. The largest absolute Gasteiger partial charge is 0.481 e. The molecule has 1 saturated heterocycles. The number of nitrogens with one attached hydrogen (secondary N) is 1. The molecule has 1 unspecified atom stereocenters. The highest BCUT2D eigenvalue weighted by Crippen LogP contribution is 2.44. The molecule has 0 bridgehead atoms. The fourth-order valence-corrected chi connectivity index (χ4v) is 4.83. The van der Waals surface area contributed by atoms with Crippen molar-refractivity contribution in [2.75, 3.05) is 19.7 Å². The first-order valence-electron chi connectivity index (χ1n) is 11.1. The van der Waals surface area contributed by atoms with E-state index in [4.69, 9.17) is 9.84 Å². The van der Waals surface area contributed by atoms with Crippen LogP contribution in [0.1, 0.15) is 43.2 Å². The van der Waals surface area contributed by atoms with Crippen molar-refractivity contribution in [3.63, 3.8) is 0 Å². The third-order valence-corrected chi connectivity index (χ3v) is 6.34. The lowest BCUT2D eigenvalue weighted by Crippen LogP contribution is -2.50. The molecule has 0 saturated carbocycles. The van der Waals surface area contributed by atoms with Crippen molar-refractivity contribution in [1.29, 1.82) is 0 Å². The molecule has 4 rings (SSSR count). The number of hydrogen-bond donors (Lipinski definition) is 2. The van der Waals surface area contributed by atoms with Crippen molar-refractivity contribution in [1.82, 2.24) is 10.2 Å². The third-order valence-electron chi connectivity index (χ3n) is 6.34. The van der Waals surface area contributed by atoms with Crippen LogP contribution in [-0.4, -0.2) is 53.7 Å². The number of nitrogens with zero attached hydrogens (tertiary/aromatic N) is 1. The molecule has 1 heterocycles. The quantitative estimate of drug-likeness (QED) is 0.721. The predicted octanol–water partition coefficient (Wildman–Crippen LogP) is 3.63. The normalized spacial score (nSPS) is 18.4. The lowest BCUT2D eigenvalue weighted by Gasteiger charge is -2.33. The number of likely N-dealkylation sites (tertiary alicyclic amines) is 1. The summed E-state index contributed by atoms with van der Waals surface area (Å²) in [7, 11) is 0. The van der Waals surface area contributed by atoms with Gasteiger partial charge in [0.05, 0.1) is 0 Å². The Morgan fingerprint density at radius 3 is 2.34 bits per heavy atom. The van der Waals surface area contributed by atoms with E-state index in [1.54, 1.807) is 11.8 Å². The van der Waals surface area contributed by atoms with Gasteiger partial charge in [-0.15, -0.1) is 0 Å². The van der Waals surface area contributed by atoms with E-state index < -0.39 is 18.1 Å². The van der Waals surface area contributed by atoms with Crippen molar-refractivity contribution < 1.29 is 24.2 Å². The standard InChI is InChI=1S/C25H28N2O5/c1-16(24(30)27-12-6-7-17(14-27)13-23(28)29)26-25(31)32-15-22-20-10-4-2-8-18(20)19-9-3-5-11-21(19)22/h2-5,8-11,16-17,22H,6-7,12-15H2,1H3,(H,26,31)(H,28,29)/t16-,17?/m1/s1. The number of carbonyl (C=O) groups excluding carboxylic acids is 2. The van der Waals surface area contributed by atoms with Crippen LogP contribution < -0.4 is 5.32 Å². The zero-order chi connectivity index (χ0) is 22.7. The maximum atomic E-state index is 12.8. The lowest BCUT2D eigenvalue weighted by molar-refractivity contribution is -0.141. The maximum Gasteiger partial charge on any atom is 0.407 e. The lowest BCUT2D eigenvalue weighted by atomic mass is 9.94. The summed E-state index contributed by atoms with van der Waals surface area (Å²) in [6.07, 6.45) is 0.982. The number of piperidine rings is 1. The molecule has 1 aliphatic heterocycles. The predicted molar refractivity (Wildman–Crippen MR) is 119 cm³/mol. The molecule has 0 spiro atoms. The molecule has 0 radical (unpaired) electrons. The molecule has 7 heteroatoms. The molecule has 2 N–H and O–H groups in total. The minimum absolute atomic E-state index is 0.0435. The molecule has 168 valence electrons. The van der Waals surface area contributed by atoms with Crippen LogP contribution in [0.15, 0.2) is 48.5 Å².